The quantitative estimate of drug-likeness (QED) is 0.662. The molecular formula is C22H30ClN5O3S. The maximum Gasteiger partial charge on any atom is 0.332 e. The van der Waals surface area contributed by atoms with Gasteiger partial charge in [0.25, 0.3) is 10.2 Å². The first-order valence-corrected chi connectivity index (χ1v) is 12.1. The van der Waals surface area contributed by atoms with E-state index >= 15 is 0 Å². The van der Waals surface area contributed by atoms with Crippen molar-refractivity contribution in [1.29, 1.82) is 0 Å². The summed E-state index contributed by atoms with van der Waals surface area (Å²) in [5, 5.41) is 4.72. The summed E-state index contributed by atoms with van der Waals surface area (Å²) < 4.78 is 29.2. The van der Waals surface area contributed by atoms with Crippen LogP contribution in [0.5, 0.6) is 0 Å². The van der Waals surface area contributed by atoms with Crippen molar-refractivity contribution in [3.63, 3.8) is 0 Å². The van der Waals surface area contributed by atoms with Crippen molar-refractivity contribution in [2.45, 2.75) is 12.0 Å². The van der Waals surface area contributed by atoms with E-state index in [4.69, 9.17) is 11.6 Å². The SMILES string of the molecule is CN(C)CCNC(=O)N1CC(c2ccccc2)C(c2ccc(Cl)cc2)N1S(=O)(=O)N(C)C. The molecule has 2 amide bonds. The predicted molar refractivity (Wildman–Crippen MR) is 126 cm³/mol. The lowest BCUT2D eigenvalue weighted by atomic mass is 9.89. The first-order valence-electron chi connectivity index (χ1n) is 10.3. The highest BCUT2D eigenvalue weighted by Crippen LogP contribution is 2.45. The summed E-state index contributed by atoms with van der Waals surface area (Å²) in [5.41, 5.74) is 1.72. The van der Waals surface area contributed by atoms with Gasteiger partial charge in [-0.05, 0) is 37.4 Å². The third-order valence-corrected chi connectivity index (χ3v) is 7.51. The molecule has 0 aliphatic carbocycles. The molecule has 0 saturated carbocycles. The van der Waals surface area contributed by atoms with Crippen LogP contribution in [0.2, 0.25) is 5.02 Å². The molecule has 1 saturated heterocycles. The van der Waals surface area contributed by atoms with Gasteiger partial charge in [-0.1, -0.05) is 58.5 Å². The van der Waals surface area contributed by atoms with Gasteiger partial charge < -0.3 is 10.2 Å². The first-order chi connectivity index (χ1) is 15.1. The lowest BCUT2D eigenvalue weighted by Crippen LogP contribution is -2.53. The van der Waals surface area contributed by atoms with Crippen molar-refractivity contribution in [2.75, 3.05) is 47.8 Å². The van der Waals surface area contributed by atoms with Crippen LogP contribution >= 0.6 is 11.6 Å². The molecule has 174 valence electrons. The van der Waals surface area contributed by atoms with E-state index in [9.17, 15) is 13.2 Å². The highest BCUT2D eigenvalue weighted by molar-refractivity contribution is 7.86. The molecule has 1 aliphatic rings. The van der Waals surface area contributed by atoms with E-state index < -0.39 is 22.3 Å². The van der Waals surface area contributed by atoms with Gasteiger partial charge in [0.1, 0.15) is 0 Å². The van der Waals surface area contributed by atoms with E-state index in [-0.39, 0.29) is 12.5 Å². The minimum Gasteiger partial charge on any atom is -0.336 e. The van der Waals surface area contributed by atoms with Gasteiger partial charge in [-0.15, -0.1) is 0 Å². The lowest BCUT2D eigenvalue weighted by Gasteiger charge is -2.33. The van der Waals surface area contributed by atoms with Gasteiger partial charge >= 0.3 is 6.03 Å². The van der Waals surface area contributed by atoms with Crippen LogP contribution in [0.4, 0.5) is 4.79 Å². The lowest BCUT2D eigenvalue weighted by molar-refractivity contribution is 0.108. The Morgan fingerprint density at radius 1 is 1.03 bits per heavy atom. The maximum atomic E-state index is 13.5. The number of rotatable bonds is 7. The third kappa shape index (κ3) is 5.24. The van der Waals surface area contributed by atoms with Crippen LogP contribution in [-0.2, 0) is 10.2 Å². The summed E-state index contributed by atoms with van der Waals surface area (Å²) in [6.07, 6.45) is 0. The topological polar surface area (TPSA) is 76.2 Å². The zero-order chi connectivity index (χ0) is 23.5. The Hall–Kier alpha value is -2.17. The number of hydrogen-bond acceptors (Lipinski definition) is 4. The molecule has 3 rings (SSSR count). The number of nitrogens with zero attached hydrogens (tertiary/aromatic N) is 4. The molecule has 8 nitrogen and oxygen atoms in total. The number of urea groups is 1. The van der Waals surface area contributed by atoms with Gasteiger partial charge in [0, 0.05) is 44.7 Å². The minimum absolute atomic E-state index is 0.220. The number of carbonyl (C=O) groups is 1. The highest BCUT2D eigenvalue weighted by atomic mass is 35.5. The van der Waals surface area contributed by atoms with Gasteiger partial charge in [0.05, 0.1) is 6.04 Å². The monoisotopic (exact) mass is 479 g/mol. The van der Waals surface area contributed by atoms with Crippen molar-refractivity contribution >= 4 is 27.8 Å². The normalized spacial score (nSPS) is 19.7. The van der Waals surface area contributed by atoms with E-state index in [2.05, 4.69) is 5.32 Å². The van der Waals surface area contributed by atoms with Crippen LogP contribution < -0.4 is 5.32 Å². The van der Waals surface area contributed by atoms with Gasteiger partial charge in [-0.25, -0.2) is 9.80 Å². The van der Waals surface area contributed by atoms with Crippen molar-refractivity contribution in [1.82, 2.24) is 23.9 Å². The third-order valence-electron chi connectivity index (χ3n) is 5.43. The highest BCUT2D eigenvalue weighted by Gasteiger charge is 2.50. The number of likely N-dealkylation sites (N-methyl/N-ethyl adjacent to an activating group) is 1. The van der Waals surface area contributed by atoms with Crippen LogP contribution in [0.3, 0.4) is 0 Å². The molecule has 2 atom stereocenters. The standard InChI is InChI=1S/C22H30ClN5O3S/c1-25(2)15-14-24-22(29)27-16-20(17-8-6-5-7-9-17)21(18-10-12-19(23)13-11-18)28(27)32(30,31)26(3)4/h5-13,20-21H,14-16H2,1-4H3,(H,24,29). The number of carbonyl (C=O) groups excluding carboxylic acids is 1. The number of nitrogens with one attached hydrogen (secondary N) is 1. The molecule has 1 aliphatic heterocycles. The molecule has 10 heteroatoms. The number of hydrogen-bond donors (Lipinski definition) is 1. The molecule has 1 heterocycles. The van der Waals surface area contributed by atoms with Crippen LogP contribution in [0.25, 0.3) is 0 Å². The minimum atomic E-state index is -3.97. The molecule has 0 radical (unpaired) electrons. The van der Waals surface area contributed by atoms with Crippen LogP contribution in [0.15, 0.2) is 54.6 Å². The number of benzene rings is 2. The molecule has 2 aromatic carbocycles. The Labute approximate surface area is 195 Å². The fourth-order valence-corrected chi connectivity index (χ4v) is 5.17. The second-order valence-corrected chi connectivity index (χ2v) is 10.6. The molecule has 2 unspecified atom stereocenters. The summed E-state index contributed by atoms with van der Waals surface area (Å²) in [5.74, 6) is -0.258. The second kappa shape index (κ2) is 10.2. The smallest absolute Gasteiger partial charge is 0.332 e. The van der Waals surface area contributed by atoms with Crippen molar-refractivity contribution in [3.05, 3.63) is 70.7 Å². The zero-order valence-corrected chi connectivity index (χ0v) is 20.3. The van der Waals surface area contributed by atoms with Crippen molar-refractivity contribution < 1.29 is 13.2 Å². The summed E-state index contributed by atoms with van der Waals surface area (Å²) in [4.78, 5) is 15.1. The molecule has 0 spiro atoms. The van der Waals surface area contributed by atoms with Gasteiger partial charge in [0.15, 0.2) is 0 Å². The molecule has 0 bridgehead atoms. The molecule has 0 aromatic heterocycles. The Morgan fingerprint density at radius 2 is 1.66 bits per heavy atom. The molecule has 2 aromatic rings. The molecule has 32 heavy (non-hydrogen) atoms. The Bertz CT molecular complexity index is 1020. The van der Waals surface area contributed by atoms with Crippen LogP contribution in [0, 0.1) is 0 Å². The number of hydrazine groups is 1. The van der Waals surface area contributed by atoms with Gasteiger partial charge in [-0.2, -0.15) is 12.7 Å². The Kier molecular flexibility index (Phi) is 7.79. The van der Waals surface area contributed by atoms with Gasteiger partial charge in [-0.3, -0.25) is 0 Å². The fourth-order valence-electron chi connectivity index (χ4n) is 3.76. The van der Waals surface area contributed by atoms with Crippen LogP contribution in [0.1, 0.15) is 23.1 Å². The van der Waals surface area contributed by atoms with E-state index in [1.165, 1.54) is 23.5 Å². The van der Waals surface area contributed by atoms with Crippen molar-refractivity contribution in [3.8, 4) is 0 Å². The second-order valence-electron chi connectivity index (χ2n) is 8.19. The Morgan fingerprint density at radius 3 is 2.22 bits per heavy atom. The summed E-state index contributed by atoms with van der Waals surface area (Å²) in [6.45, 7) is 1.26. The molecule has 1 N–H and O–H groups in total. The summed E-state index contributed by atoms with van der Waals surface area (Å²) in [6, 6.07) is 15.7. The number of halogens is 1. The summed E-state index contributed by atoms with van der Waals surface area (Å²) >= 11 is 6.09. The Balaban J connectivity index is 2.08. The maximum absolute atomic E-state index is 13.5. The van der Waals surface area contributed by atoms with E-state index in [1.54, 1.807) is 12.1 Å². The molecule has 1 fully saturated rings. The van der Waals surface area contributed by atoms with Gasteiger partial charge in [0.2, 0.25) is 0 Å². The van der Waals surface area contributed by atoms with Crippen molar-refractivity contribution in [2.24, 2.45) is 0 Å². The molecular weight excluding hydrogens is 450 g/mol. The average Bonchev–Trinajstić information content (AvgIpc) is 3.16. The zero-order valence-electron chi connectivity index (χ0n) is 18.8. The first kappa shape index (κ1) is 24.5. The number of amides is 2. The summed E-state index contributed by atoms with van der Waals surface area (Å²) in [7, 11) is 2.78. The van der Waals surface area contributed by atoms with E-state index in [1.807, 2.05) is 61.5 Å². The largest absolute Gasteiger partial charge is 0.336 e. The van der Waals surface area contributed by atoms with Crippen LogP contribution in [-0.4, -0.2) is 80.9 Å². The fraction of sp³-hybridized carbons (Fsp3) is 0.409. The predicted octanol–water partition coefficient (Wildman–Crippen LogP) is 2.78. The van der Waals surface area contributed by atoms with E-state index in [0.717, 1.165) is 15.4 Å². The van der Waals surface area contributed by atoms with E-state index in [0.29, 0.717) is 18.1 Å². The average molecular weight is 480 g/mol.